The van der Waals surface area contributed by atoms with E-state index in [4.69, 9.17) is 0 Å². The molecule has 0 saturated heterocycles. The van der Waals surface area contributed by atoms with Crippen LogP contribution in [0.15, 0.2) is 24.3 Å². The molecule has 0 bridgehead atoms. The molecule has 0 aliphatic carbocycles. The molecule has 37 heavy (non-hydrogen) atoms. The van der Waals surface area contributed by atoms with Gasteiger partial charge in [-0.25, -0.2) is 13.4 Å². The summed E-state index contributed by atoms with van der Waals surface area (Å²) >= 11 is 0. The molecule has 3 aromatic rings. The molecule has 2 heterocycles. The van der Waals surface area contributed by atoms with Crippen LogP contribution in [0.5, 0.6) is 0 Å². The normalized spacial score (nSPS) is 10.9. The molecule has 194 valence electrons. The third-order valence-electron chi connectivity index (χ3n) is 4.52. The van der Waals surface area contributed by atoms with Crippen molar-refractivity contribution in [1.29, 1.82) is 0 Å². The summed E-state index contributed by atoms with van der Waals surface area (Å²) in [7, 11) is -4.43. The zero-order chi connectivity index (χ0) is 26.1. The summed E-state index contributed by atoms with van der Waals surface area (Å²) in [6, 6.07) is 7.15. The first-order valence-corrected chi connectivity index (χ1v) is 12.5. The van der Waals surface area contributed by atoms with Crippen molar-refractivity contribution in [1.82, 2.24) is 29.9 Å². The van der Waals surface area contributed by atoms with Crippen LogP contribution in [0.1, 0.15) is 11.6 Å². The number of nitrogens with one attached hydrogen (secondary N) is 3. The molecule has 0 radical (unpaired) electrons. The molecule has 0 aliphatic rings. The summed E-state index contributed by atoms with van der Waals surface area (Å²) in [4.78, 5) is 27.0. The Morgan fingerprint density at radius 2 is 1.41 bits per heavy atom. The fourth-order valence-corrected chi connectivity index (χ4v) is 3.44. The third kappa shape index (κ3) is 10.3. The number of rotatable bonds is 13. The van der Waals surface area contributed by atoms with E-state index < -0.39 is 15.9 Å². The summed E-state index contributed by atoms with van der Waals surface area (Å²) in [5, 5.41) is 27.6. The Bertz CT molecular complexity index is 1260. The van der Waals surface area contributed by atoms with Gasteiger partial charge >= 0.3 is 29.6 Å². The second-order valence-electron chi connectivity index (χ2n) is 7.49. The first-order valence-electron chi connectivity index (χ1n) is 10.9. The van der Waals surface area contributed by atoms with Gasteiger partial charge in [0.05, 0.1) is 29.1 Å². The maximum Gasteiger partial charge on any atom is 1.00 e. The van der Waals surface area contributed by atoms with Gasteiger partial charge in [0.25, 0.3) is 0 Å². The van der Waals surface area contributed by atoms with Gasteiger partial charge in [-0.1, -0.05) is 6.07 Å². The topological polar surface area (TPSA) is 214 Å². The summed E-state index contributed by atoms with van der Waals surface area (Å²) < 4.78 is 32.8. The Hall–Kier alpha value is -2.73. The number of hydrogen-bond acceptors (Lipinski definition) is 15. The van der Waals surface area contributed by atoms with E-state index in [1.165, 1.54) is 4.90 Å². The quantitative estimate of drug-likeness (QED) is 0.107. The van der Waals surface area contributed by atoms with E-state index in [1.54, 1.807) is 32.0 Å². The SMILES string of the molecule is Cc1nc(C)nc(Nc2cccc(Nc3nc(NCCS(=O)(=O)[O-])nc(N(CCO)CCO)n3)c2)n1.[Na+]. The molecule has 1 aromatic carbocycles. The molecule has 0 atom stereocenters. The monoisotopic (exact) mass is 542 g/mol. The van der Waals surface area contributed by atoms with Gasteiger partial charge in [-0.05, 0) is 32.0 Å². The number of aryl methyl sites for hydroxylation is 2. The van der Waals surface area contributed by atoms with E-state index in [0.717, 1.165) is 0 Å². The van der Waals surface area contributed by atoms with E-state index in [9.17, 15) is 23.2 Å². The van der Waals surface area contributed by atoms with Crippen molar-refractivity contribution in [2.75, 3.05) is 59.5 Å². The molecule has 0 saturated carbocycles. The number of aromatic nitrogens is 6. The minimum atomic E-state index is -4.43. The number of aliphatic hydroxyl groups is 2. The van der Waals surface area contributed by atoms with Crippen LogP contribution < -0.4 is 50.4 Å². The molecule has 0 fully saturated rings. The van der Waals surface area contributed by atoms with Gasteiger partial charge in [0.2, 0.25) is 23.8 Å². The molecule has 5 N–H and O–H groups in total. The average molecular weight is 543 g/mol. The van der Waals surface area contributed by atoms with Crippen molar-refractivity contribution in [3.8, 4) is 0 Å². The van der Waals surface area contributed by atoms with Crippen LogP contribution in [0.2, 0.25) is 0 Å². The van der Waals surface area contributed by atoms with Crippen LogP contribution in [-0.4, -0.2) is 91.7 Å². The third-order valence-corrected chi connectivity index (χ3v) is 5.22. The molecule has 0 unspecified atom stereocenters. The molecule has 3 rings (SSSR count). The van der Waals surface area contributed by atoms with Crippen molar-refractivity contribution < 1.29 is 52.7 Å². The molecular weight excluding hydrogens is 515 g/mol. The van der Waals surface area contributed by atoms with E-state index in [1.807, 2.05) is 6.07 Å². The standard InChI is InChI=1S/C20H28N10O5S.Na/c1-13-22-14(2)24-18(23-13)25-15-4-3-5-16(12-15)26-19-27-17(21-6-11-36(33,34)35)28-20(29-19)30(7-9-31)8-10-32;/h3-5,12,31-32H,6-11H2,1-2H3,(H,33,34,35)(H,22,23,24,25)(H2,21,26,27,28,29);/q;+1/p-1. The van der Waals surface area contributed by atoms with Gasteiger partial charge in [-0.2, -0.15) is 24.9 Å². The number of anilines is 6. The molecule has 0 amide bonds. The minimum Gasteiger partial charge on any atom is -0.748 e. The van der Waals surface area contributed by atoms with Gasteiger partial charge in [0.1, 0.15) is 11.6 Å². The number of aliphatic hydroxyl groups excluding tert-OH is 2. The summed E-state index contributed by atoms with van der Waals surface area (Å²) in [5.74, 6) is 1.15. The van der Waals surface area contributed by atoms with Crippen LogP contribution in [0.25, 0.3) is 0 Å². The molecular formula is C20H27N10NaO5S. The molecule has 15 nitrogen and oxygen atoms in total. The van der Waals surface area contributed by atoms with Gasteiger partial charge in [0.15, 0.2) is 0 Å². The first kappa shape index (κ1) is 30.5. The van der Waals surface area contributed by atoms with Crippen LogP contribution in [0.3, 0.4) is 0 Å². The largest absolute Gasteiger partial charge is 1.00 e. The van der Waals surface area contributed by atoms with Gasteiger partial charge in [-0.15, -0.1) is 0 Å². The molecule has 17 heteroatoms. The molecule has 0 spiro atoms. The maximum absolute atomic E-state index is 10.9. The number of nitrogens with zero attached hydrogens (tertiary/aromatic N) is 7. The summed E-state index contributed by atoms with van der Waals surface area (Å²) in [5.41, 5.74) is 1.28. The Balaban J connectivity index is 0.00000481. The zero-order valence-electron chi connectivity index (χ0n) is 20.7. The number of hydrogen-bond donors (Lipinski definition) is 5. The van der Waals surface area contributed by atoms with Gasteiger partial charge in [0, 0.05) is 31.0 Å². The van der Waals surface area contributed by atoms with Gasteiger partial charge in [-0.3, -0.25) is 0 Å². The van der Waals surface area contributed by atoms with Crippen molar-refractivity contribution in [2.45, 2.75) is 13.8 Å². The van der Waals surface area contributed by atoms with Crippen molar-refractivity contribution in [2.24, 2.45) is 0 Å². The fourth-order valence-electron chi connectivity index (χ4n) is 3.09. The van der Waals surface area contributed by atoms with Crippen LogP contribution in [0, 0.1) is 13.8 Å². The van der Waals surface area contributed by atoms with Crippen LogP contribution in [0.4, 0.5) is 35.2 Å². The Morgan fingerprint density at radius 1 is 0.865 bits per heavy atom. The van der Waals surface area contributed by atoms with Crippen molar-refractivity contribution >= 4 is 45.3 Å². The minimum absolute atomic E-state index is 0. The smallest absolute Gasteiger partial charge is 0.748 e. The number of benzene rings is 1. The molecule has 2 aromatic heterocycles. The van der Waals surface area contributed by atoms with Crippen LogP contribution in [-0.2, 0) is 10.1 Å². The van der Waals surface area contributed by atoms with Crippen molar-refractivity contribution in [3.05, 3.63) is 35.9 Å². The predicted octanol–water partition coefficient (Wildman–Crippen LogP) is -3.09. The maximum atomic E-state index is 10.9. The van der Waals surface area contributed by atoms with Crippen LogP contribution >= 0.6 is 0 Å². The van der Waals surface area contributed by atoms with E-state index in [2.05, 4.69) is 45.9 Å². The fraction of sp³-hybridized carbons (Fsp3) is 0.400. The Morgan fingerprint density at radius 3 is 1.95 bits per heavy atom. The second-order valence-corrected chi connectivity index (χ2v) is 9.01. The predicted molar refractivity (Wildman–Crippen MR) is 132 cm³/mol. The second kappa shape index (κ2) is 14.3. The average Bonchev–Trinajstić information content (AvgIpc) is 2.77. The van der Waals surface area contributed by atoms with Crippen molar-refractivity contribution in [3.63, 3.8) is 0 Å². The van der Waals surface area contributed by atoms with E-state index in [0.29, 0.717) is 29.0 Å². The molecule has 0 aliphatic heterocycles. The summed E-state index contributed by atoms with van der Waals surface area (Å²) in [6.45, 7) is 3.19. The summed E-state index contributed by atoms with van der Waals surface area (Å²) in [6.07, 6.45) is 0. The first-order chi connectivity index (χ1) is 17.1. The Labute approximate surface area is 236 Å². The van der Waals surface area contributed by atoms with E-state index in [-0.39, 0.29) is 80.3 Å². The Kier molecular flexibility index (Phi) is 11.8. The zero-order valence-corrected chi connectivity index (χ0v) is 23.5. The van der Waals surface area contributed by atoms with E-state index >= 15 is 0 Å². The van der Waals surface area contributed by atoms with Gasteiger partial charge < -0.3 is 35.6 Å².